The third kappa shape index (κ3) is 11.4. The van der Waals surface area contributed by atoms with E-state index in [0.29, 0.717) is 23.3 Å². The fourth-order valence-electron chi connectivity index (χ4n) is 3.01. The first-order chi connectivity index (χ1) is 22.1. The van der Waals surface area contributed by atoms with Crippen LogP contribution in [0.2, 0.25) is 0 Å². The second-order valence-electron chi connectivity index (χ2n) is 8.12. The fourth-order valence-corrected chi connectivity index (χ4v) is 4.80. The Hall–Kier alpha value is -4.33. The highest BCUT2D eigenvalue weighted by Gasteiger charge is 2.32. The summed E-state index contributed by atoms with van der Waals surface area (Å²) in [5.41, 5.74) is 6.68. The number of nitrogen functional groups attached to an aromatic ring is 1. The Kier molecular flexibility index (Phi) is 8.81. The highest BCUT2D eigenvalue weighted by atomic mass is 31.2. The summed E-state index contributed by atoms with van der Waals surface area (Å²) < 4.78 is 84.1. The van der Waals surface area contributed by atoms with Crippen molar-refractivity contribution in [1.82, 2.24) is 24.6 Å². The summed E-state index contributed by atoms with van der Waals surface area (Å²) in [4.78, 5) is 44.1. The molecule has 0 bridgehead atoms. The number of fused-ring (bicyclic) bond motifs is 1. The lowest BCUT2D eigenvalue weighted by Gasteiger charge is -2.25. The zero-order chi connectivity index (χ0) is 36.5. The van der Waals surface area contributed by atoms with Gasteiger partial charge >= 0.3 is 25.4 Å². The summed E-state index contributed by atoms with van der Waals surface area (Å²) >= 11 is 0. The largest absolute Gasteiger partial charge is 0.478 e. The van der Waals surface area contributed by atoms with Gasteiger partial charge in [-0.15, -0.1) is 0 Å². The number of para-hydroxylation sites is 1. The summed E-state index contributed by atoms with van der Waals surface area (Å²) in [6, 6.07) is 6.42. The zero-order valence-corrected chi connectivity index (χ0v) is 22.7. The standard InChI is InChI=1S/C21H29N6O5P.C4H4O4/c1-14(2)31-21(28)16(4)26-33(29,32-17-8-6-5-7-9-17)13-30-15(3)10-27-12-25-18-19(22)23-11-24-20(18)27;5-3(6)1-2-4(7)8/h5-9,11-12,14-16H,10,13H2,1-4H3,(H,26,29)(H2,22,23,24);1-2H,(H,5,6)(H,7,8)/b;2-1+/t15-,16+,33+;/m1./s1/i1D3,2D3,14D;. The highest BCUT2D eigenvalue weighted by Crippen LogP contribution is 2.44. The molecule has 0 fully saturated rings. The fraction of sp³-hybridized carbons (Fsp3) is 0.360. The molecule has 1 aromatic carbocycles. The molecule has 0 amide bonds. The van der Waals surface area contributed by atoms with Crippen LogP contribution in [0, 0.1) is 0 Å². The molecular formula is C25H33N6O9P. The molecule has 0 aliphatic carbocycles. The van der Waals surface area contributed by atoms with E-state index in [-0.39, 0.29) is 18.1 Å². The second-order valence-corrected chi connectivity index (χ2v) is 10.2. The Balaban J connectivity index is 0.000000886. The number of nitrogens with two attached hydrogens (primary N) is 1. The number of carboxylic acids is 2. The Morgan fingerprint density at radius 2 is 1.80 bits per heavy atom. The van der Waals surface area contributed by atoms with Gasteiger partial charge in [0.2, 0.25) is 0 Å². The molecule has 0 spiro atoms. The predicted molar refractivity (Wildman–Crippen MR) is 148 cm³/mol. The monoisotopic (exact) mass is 599 g/mol. The molecule has 0 saturated heterocycles. The maximum atomic E-state index is 13.8. The molecular weight excluding hydrogens is 559 g/mol. The number of aliphatic carboxylic acids is 2. The summed E-state index contributed by atoms with van der Waals surface area (Å²) in [5, 5.41) is 18.1. The van der Waals surface area contributed by atoms with E-state index in [1.807, 2.05) is 0 Å². The molecule has 16 heteroatoms. The van der Waals surface area contributed by atoms with Crippen molar-refractivity contribution in [3.05, 3.63) is 55.1 Å². The number of rotatable bonds is 13. The van der Waals surface area contributed by atoms with Gasteiger partial charge in [0.05, 0.1) is 26.4 Å². The van der Waals surface area contributed by atoms with E-state index >= 15 is 0 Å². The first kappa shape index (κ1) is 23.4. The van der Waals surface area contributed by atoms with Crippen molar-refractivity contribution in [1.29, 1.82) is 0 Å². The average molecular weight is 600 g/mol. The first-order valence-electron chi connectivity index (χ1n) is 15.1. The van der Waals surface area contributed by atoms with Crippen molar-refractivity contribution in [2.45, 2.75) is 52.3 Å². The van der Waals surface area contributed by atoms with Gasteiger partial charge in [0.25, 0.3) is 0 Å². The lowest BCUT2D eigenvalue weighted by molar-refractivity contribution is -0.149. The van der Waals surface area contributed by atoms with Crippen LogP contribution in [0.1, 0.15) is 37.1 Å². The highest BCUT2D eigenvalue weighted by molar-refractivity contribution is 7.57. The second kappa shape index (κ2) is 15.5. The number of carbonyl (C=O) groups excluding carboxylic acids is 1. The number of benzene rings is 1. The van der Waals surface area contributed by atoms with Gasteiger partial charge in [0.1, 0.15) is 30.0 Å². The van der Waals surface area contributed by atoms with Gasteiger partial charge in [-0.2, -0.15) is 0 Å². The molecule has 0 unspecified atom stereocenters. The van der Waals surface area contributed by atoms with Crippen LogP contribution >= 0.6 is 7.52 Å². The van der Waals surface area contributed by atoms with Crippen LogP contribution in [0.5, 0.6) is 5.75 Å². The Labute approximate surface area is 245 Å². The number of nitrogens with zero attached hydrogens (tertiary/aromatic N) is 4. The molecule has 3 aromatic rings. The minimum atomic E-state index is -4.08. The normalized spacial score (nSPS) is 17.5. The predicted octanol–water partition coefficient (Wildman–Crippen LogP) is 2.68. The molecule has 0 saturated carbocycles. The number of carboxylic acid groups (broad SMARTS) is 2. The van der Waals surface area contributed by atoms with Crippen LogP contribution in [0.15, 0.2) is 55.1 Å². The minimum Gasteiger partial charge on any atom is -0.478 e. The van der Waals surface area contributed by atoms with E-state index in [9.17, 15) is 18.9 Å². The molecule has 15 nitrogen and oxygen atoms in total. The third-order valence-corrected chi connectivity index (χ3v) is 6.50. The van der Waals surface area contributed by atoms with Crippen molar-refractivity contribution in [2.24, 2.45) is 0 Å². The molecule has 3 rings (SSSR count). The average Bonchev–Trinajstić information content (AvgIpc) is 3.38. The lowest BCUT2D eigenvalue weighted by Crippen LogP contribution is -2.37. The summed E-state index contributed by atoms with van der Waals surface area (Å²) in [7, 11) is -4.08. The SMILES string of the molecule is O=C(O)/C=C/C(=O)O.[2H]C([2H])([2H])C([2H])(OC(=O)[C@H](C)N[P@](=O)(CO[C@H](C)Cn1cnc2c(N)ncnc21)Oc1ccccc1)C([2H])([2H])[2H]. The van der Waals surface area contributed by atoms with Crippen LogP contribution in [0.25, 0.3) is 11.2 Å². The van der Waals surface area contributed by atoms with Crippen LogP contribution in [-0.2, 0) is 35.0 Å². The molecule has 2 aromatic heterocycles. The van der Waals surface area contributed by atoms with Gasteiger partial charge in [-0.05, 0) is 39.7 Å². The van der Waals surface area contributed by atoms with Gasteiger partial charge < -0.3 is 34.5 Å². The molecule has 0 aliphatic heterocycles. The zero-order valence-electron chi connectivity index (χ0n) is 28.8. The number of hydrogen-bond acceptors (Lipinski definition) is 11. The van der Waals surface area contributed by atoms with Gasteiger partial charge in [-0.3, -0.25) is 9.36 Å². The van der Waals surface area contributed by atoms with E-state index < -0.39 is 63.7 Å². The summed E-state index contributed by atoms with van der Waals surface area (Å²) in [6.45, 7) is -3.93. The van der Waals surface area contributed by atoms with Crippen LogP contribution in [-0.4, -0.2) is 72.2 Å². The maximum absolute atomic E-state index is 13.8. The van der Waals surface area contributed by atoms with E-state index in [0.717, 1.165) is 6.92 Å². The Morgan fingerprint density at radius 1 is 1.15 bits per heavy atom. The molecule has 222 valence electrons. The quantitative estimate of drug-likeness (QED) is 0.126. The first-order valence-corrected chi connectivity index (χ1v) is 13.4. The number of hydrogen-bond donors (Lipinski definition) is 4. The van der Waals surface area contributed by atoms with Crippen molar-refractivity contribution in [3.63, 3.8) is 0 Å². The number of carbonyl (C=O) groups is 3. The molecule has 0 radical (unpaired) electrons. The molecule has 0 aliphatic rings. The lowest BCUT2D eigenvalue weighted by atomic mass is 10.3. The van der Waals surface area contributed by atoms with Crippen LogP contribution in [0.4, 0.5) is 5.82 Å². The minimum absolute atomic E-state index is 0.169. The number of esters is 1. The van der Waals surface area contributed by atoms with Crippen LogP contribution < -0.4 is 15.3 Å². The number of nitrogens with one attached hydrogen (secondary N) is 1. The number of aromatic nitrogens is 4. The molecule has 5 N–H and O–H groups in total. The molecule has 41 heavy (non-hydrogen) atoms. The molecule has 2 heterocycles. The van der Waals surface area contributed by atoms with Crippen molar-refractivity contribution in [3.8, 4) is 5.75 Å². The van der Waals surface area contributed by atoms with Crippen molar-refractivity contribution < 1.29 is 52.8 Å². The smallest absolute Gasteiger partial charge is 0.342 e. The maximum Gasteiger partial charge on any atom is 0.342 e. The topological polar surface area (TPSA) is 218 Å². The van der Waals surface area contributed by atoms with E-state index in [1.165, 1.54) is 24.8 Å². The summed E-state index contributed by atoms with van der Waals surface area (Å²) in [5.74, 6) is -3.58. The number of anilines is 1. The summed E-state index contributed by atoms with van der Waals surface area (Å²) in [6.07, 6.45) is -0.799. The van der Waals surface area contributed by atoms with E-state index in [4.69, 9.17) is 34.8 Å². The Morgan fingerprint density at radius 3 is 2.41 bits per heavy atom. The number of imidazole rings is 1. The van der Waals surface area contributed by atoms with Gasteiger partial charge in [0, 0.05) is 20.4 Å². The van der Waals surface area contributed by atoms with Crippen molar-refractivity contribution >= 4 is 42.4 Å². The van der Waals surface area contributed by atoms with E-state index in [2.05, 4.69) is 24.8 Å². The Bertz CT molecular complexity index is 1620. The van der Waals surface area contributed by atoms with Gasteiger partial charge in [-0.1, -0.05) is 18.2 Å². The van der Waals surface area contributed by atoms with Crippen molar-refractivity contribution in [2.75, 3.05) is 12.1 Å². The van der Waals surface area contributed by atoms with Crippen LogP contribution in [0.3, 0.4) is 0 Å². The van der Waals surface area contributed by atoms with Gasteiger partial charge in [0.15, 0.2) is 11.5 Å². The van der Waals surface area contributed by atoms with Gasteiger partial charge in [-0.25, -0.2) is 29.6 Å². The van der Waals surface area contributed by atoms with E-state index in [1.54, 1.807) is 29.7 Å². The number of ether oxygens (including phenoxy) is 2. The third-order valence-electron chi connectivity index (χ3n) is 4.72. The molecule has 3 atom stereocenters.